The zero-order valence-electron chi connectivity index (χ0n) is 9.75. The van der Waals surface area contributed by atoms with Gasteiger partial charge in [-0.1, -0.05) is 6.07 Å². The summed E-state index contributed by atoms with van der Waals surface area (Å²) in [5.41, 5.74) is -0.925. The Bertz CT molecular complexity index is 497. The number of hydrogen-bond acceptors (Lipinski definition) is 2. The van der Waals surface area contributed by atoms with Crippen molar-refractivity contribution in [2.75, 3.05) is 11.4 Å². The van der Waals surface area contributed by atoms with Crippen molar-refractivity contribution in [1.82, 2.24) is 0 Å². The van der Waals surface area contributed by atoms with E-state index < -0.39 is 41.8 Å². The van der Waals surface area contributed by atoms with Crippen LogP contribution in [0.2, 0.25) is 0 Å². The molecule has 7 heteroatoms. The molecule has 0 spiro atoms. The number of carboxylic acid groups (broad SMARTS) is 1. The van der Waals surface area contributed by atoms with E-state index in [-0.39, 0.29) is 0 Å². The van der Waals surface area contributed by atoms with Gasteiger partial charge in [0.05, 0.1) is 11.3 Å². The van der Waals surface area contributed by atoms with Crippen molar-refractivity contribution in [3.63, 3.8) is 0 Å². The Hall–Kier alpha value is -1.79. The summed E-state index contributed by atoms with van der Waals surface area (Å²) in [6, 6.07) is 2.79. The van der Waals surface area contributed by atoms with Gasteiger partial charge >= 0.3 is 12.1 Å². The van der Waals surface area contributed by atoms with Crippen molar-refractivity contribution in [3.05, 3.63) is 29.6 Å². The number of anilines is 1. The summed E-state index contributed by atoms with van der Waals surface area (Å²) in [5, 5.41) is 8.96. The molecule has 1 aromatic rings. The van der Waals surface area contributed by atoms with Crippen molar-refractivity contribution in [3.8, 4) is 0 Å². The average Bonchev–Trinajstić information content (AvgIpc) is 3.08. The number of para-hydroxylation sites is 1. The summed E-state index contributed by atoms with van der Waals surface area (Å²) < 4.78 is 51.3. The molecule has 0 saturated heterocycles. The van der Waals surface area contributed by atoms with E-state index >= 15 is 0 Å². The van der Waals surface area contributed by atoms with E-state index in [4.69, 9.17) is 5.11 Å². The summed E-state index contributed by atoms with van der Waals surface area (Å²) in [4.78, 5) is 11.8. The molecule has 0 heterocycles. The zero-order chi connectivity index (χ0) is 14.2. The molecule has 1 aliphatic carbocycles. The number of halogens is 4. The molecular weight excluding hydrogens is 266 g/mol. The first kappa shape index (κ1) is 13.6. The minimum absolute atomic E-state index is 0.448. The van der Waals surface area contributed by atoms with Crippen molar-refractivity contribution >= 4 is 11.7 Å². The Morgan fingerprint density at radius 3 is 2.47 bits per heavy atom. The molecule has 0 aromatic heterocycles. The molecule has 1 fully saturated rings. The SMILES string of the molecule is O=C(O)c1cccc(F)c1N(CC(F)(F)F)C1CC1. The highest BCUT2D eigenvalue weighted by atomic mass is 19.4. The van der Waals surface area contributed by atoms with Crippen LogP contribution in [-0.2, 0) is 0 Å². The summed E-state index contributed by atoms with van der Waals surface area (Å²) in [5.74, 6) is -2.39. The van der Waals surface area contributed by atoms with Crippen LogP contribution >= 0.6 is 0 Å². The molecule has 0 bridgehead atoms. The number of benzene rings is 1. The summed E-state index contributed by atoms with van der Waals surface area (Å²) in [6.07, 6.45) is -3.51. The highest BCUT2D eigenvalue weighted by Crippen LogP contribution is 2.37. The zero-order valence-corrected chi connectivity index (χ0v) is 9.75. The third kappa shape index (κ3) is 3.15. The number of alkyl halides is 3. The molecule has 2 rings (SSSR count). The topological polar surface area (TPSA) is 40.5 Å². The maximum absolute atomic E-state index is 13.8. The molecule has 1 N–H and O–H groups in total. The standard InChI is InChI=1S/C12H11F4NO2/c13-9-3-1-2-8(11(18)19)10(9)17(7-4-5-7)6-12(14,15)16/h1-3,7H,4-6H2,(H,18,19). The molecule has 1 aliphatic rings. The lowest BCUT2D eigenvalue weighted by Crippen LogP contribution is -2.37. The van der Waals surface area contributed by atoms with Gasteiger partial charge in [-0.05, 0) is 25.0 Å². The molecule has 0 amide bonds. The highest BCUT2D eigenvalue weighted by Gasteiger charge is 2.40. The van der Waals surface area contributed by atoms with Gasteiger partial charge < -0.3 is 10.0 Å². The fourth-order valence-corrected chi connectivity index (χ4v) is 1.95. The number of carboxylic acids is 1. The van der Waals surface area contributed by atoms with Crippen LogP contribution in [0, 0.1) is 5.82 Å². The van der Waals surface area contributed by atoms with Gasteiger partial charge in [0, 0.05) is 6.04 Å². The Morgan fingerprint density at radius 1 is 1.37 bits per heavy atom. The first-order chi connectivity index (χ1) is 8.79. The van der Waals surface area contributed by atoms with Gasteiger partial charge in [-0.25, -0.2) is 9.18 Å². The van der Waals surface area contributed by atoms with Crippen molar-refractivity contribution in [2.24, 2.45) is 0 Å². The monoisotopic (exact) mass is 277 g/mol. The Labute approximate surface area is 106 Å². The fourth-order valence-electron chi connectivity index (χ4n) is 1.95. The first-order valence-corrected chi connectivity index (χ1v) is 5.65. The molecule has 0 unspecified atom stereocenters. The maximum atomic E-state index is 13.8. The molecule has 3 nitrogen and oxygen atoms in total. The van der Waals surface area contributed by atoms with Gasteiger partial charge in [0.2, 0.25) is 0 Å². The first-order valence-electron chi connectivity index (χ1n) is 5.65. The summed E-state index contributed by atoms with van der Waals surface area (Å²) in [6.45, 7) is -1.35. The number of carbonyl (C=O) groups is 1. The second-order valence-corrected chi connectivity index (χ2v) is 4.42. The van der Waals surface area contributed by atoms with Crippen molar-refractivity contribution < 1.29 is 27.5 Å². The third-order valence-corrected chi connectivity index (χ3v) is 2.84. The number of aromatic carboxylic acids is 1. The Kier molecular flexibility index (Phi) is 3.38. The minimum Gasteiger partial charge on any atom is -0.478 e. The largest absolute Gasteiger partial charge is 0.478 e. The molecule has 19 heavy (non-hydrogen) atoms. The van der Waals surface area contributed by atoms with Crippen LogP contribution in [0.1, 0.15) is 23.2 Å². The predicted molar refractivity (Wildman–Crippen MR) is 59.8 cm³/mol. The molecule has 104 valence electrons. The van der Waals surface area contributed by atoms with E-state index in [1.807, 2.05) is 0 Å². The van der Waals surface area contributed by atoms with E-state index in [0.29, 0.717) is 12.8 Å². The summed E-state index contributed by atoms with van der Waals surface area (Å²) >= 11 is 0. The molecule has 0 aliphatic heterocycles. The van der Waals surface area contributed by atoms with Crippen molar-refractivity contribution in [2.45, 2.75) is 25.1 Å². The lowest BCUT2D eigenvalue weighted by Gasteiger charge is -2.27. The van der Waals surface area contributed by atoms with E-state index in [2.05, 4.69) is 0 Å². The van der Waals surface area contributed by atoms with Gasteiger partial charge in [0.15, 0.2) is 0 Å². The summed E-state index contributed by atoms with van der Waals surface area (Å²) in [7, 11) is 0. The second-order valence-electron chi connectivity index (χ2n) is 4.42. The van der Waals surface area contributed by atoms with Crippen LogP contribution < -0.4 is 4.90 Å². The van der Waals surface area contributed by atoms with Crippen LogP contribution in [0.15, 0.2) is 18.2 Å². The lowest BCUT2D eigenvalue weighted by atomic mass is 10.1. The molecule has 0 radical (unpaired) electrons. The fraction of sp³-hybridized carbons (Fsp3) is 0.417. The number of nitrogens with zero attached hydrogens (tertiary/aromatic N) is 1. The molecule has 0 atom stereocenters. The van der Waals surface area contributed by atoms with E-state index in [1.165, 1.54) is 6.07 Å². The smallest absolute Gasteiger partial charge is 0.405 e. The van der Waals surface area contributed by atoms with Crippen LogP contribution in [0.3, 0.4) is 0 Å². The van der Waals surface area contributed by atoms with E-state index in [0.717, 1.165) is 17.0 Å². The van der Waals surface area contributed by atoms with Gasteiger partial charge in [-0.2, -0.15) is 13.2 Å². The quantitative estimate of drug-likeness (QED) is 0.860. The lowest BCUT2D eigenvalue weighted by molar-refractivity contribution is -0.120. The van der Waals surface area contributed by atoms with Crippen LogP contribution in [0.4, 0.5) is 23.2 Å². The molecule has 1 aromatic carbocycles. The normalized spacial score (nSPS) is 15.4. The van der Waals surface area contributed by atoms with Crippen molar-refractivity contribution in [1.29, 1.82) is 0 Å². The second kappa shape index (κ2) is 4.71. The Morgan fingerprint density at radius 2 is 2.00 bits per heavy atom. The van der Waals surface area contributed by atoms with Gasteiger partial charge in [-0.15, -0.1) is 0 Å². The van der Waals surface area contributed by atoms with Gasteiger partial charge in [0.1, 0.15) is 12.4 Å². The van der Waals surface area contributed by atoms with Gasteiger partial charge in [0.25, 0.3) is 0 Å². The maximum Gasteiger partial charge on any atom is 0.405 e. The van der Waals surface area contributed by atoms with E-state index in [1.54, 1.807) is 0 Å². The van der Waals surface area contributed by atoms with E-state index in [9.17, 15) is 22.4 Å². The number of hydrogen-bond donors (Lipinski definition) is 1. The predicted octanol–water partition coefficient (Wildman–Crippen LogP) is 3.06. The van der Waals surface area contributed by atoms with Gasteiger partial charge in [-0.3, -0.25) is 0 Å². The van der Waals surface area contributed by atoms with Crippen LogP contribution in [0.5, 0.6) is 0 Å². The average molecular weight is 277 g/mol. The third-order valence-electron chi connectivity index (χ3n) is 2.84. The number of rotatable bonds is 4. The van der Waals surface area contributed by atoms with Crippen LogP contribution in [0.25, 0.3) is 0 Å². The minimum atomic E-state index is -4.51. The van der Waals surface area contributed by atoms with Crippen LogP contribution in [-0.4, -0.2) is 29.8 Å². The Balaban J connectivity index is 2.44. The highest BCUT2D eigenvalue weighted by molar-refractivity contribution is 5.94. The molecule has 1 saturated carbocycles. The molecular formula is C12H11F4NO2.